The Bertz CT molecular complexity index is 465. The van der Waals surface area contributed by atoms with E-state index in [1.54, 1.807) is 6.07 Å². The summed E-state index contributed by atoms with van der Waals surface area (Å²) >= 11 is 0. The third-order valence-corrected chi connectivity index (χ3v) is 1.51. The van der Waals surface area contributed by atoms with Crippen molar-refractivity contribution in [2.24, 2.45) is 0 Å². The Kier molecular flexibility index (Phi) is 2.99. The lowest BCUT2D eigenvalue weighted by molar-refractivity contribution is -0.276. The molecule has 8 heteroatoms. The lowest BCUT2D eigenvalue weighted by Gasteiger charge is -2.09. The maximum Gasteiger partial charge on any atom is 0.574 e. The number of halogens is 3. The third kappa shape index (κ3) is 2.60. The van der Waals surface area contributed by atoms with Gasteiger partial charge in [0.1, 0.15) is 17.5 Å². The number of hydrogen-bond donors (Lipinski definition) is 1. The molecule has 0 saturated heterocycles. The molecule has 5 nitrogen and oxygen atoms in total. The number of anilines is 1. The van der Waals surface area contributed by atoms with Gasteiger partial charge in [-0.1, -0.05) is 0 Å². The number of alkyl halides is 3. The predicted molar refractivity (Wildman–Crippen MR) is 45.4 cm³/mol. The molecule has 0 amide bonds. The smallest absolute Gasteiger partial charge is 0.388 e. The molecule has 16 heavy (non-hydrogen) atoms. The van der Waals surface area contributed by atoms with Gasteiger partial charge in [0.15, 0.2) is 6.29 Å². The first-order valence-corrected chi connectivity index (χ1v) is 3.79. The Morgan fingerprint density at radius 2 is 2.19 bits per heavy atom. The minimum atomic E-state index is -4.94. The third-order valence-electron chi connectivity index (χ3n) is 1.51. The summed E-state index contributed by atoms with van der Waals surface area (Å²) in [6.07, 6.45) is -4.74. The second-order valence-corrected chi connectivity index (χ2v) is 2.59. The number of hydrogen-bond acceptors (Lipinski definition) is 5. The van der Waals surface area contributed by atoms with Crippen molar-refractivity contribution in [2.75, 3.05) is 5.73 Å². The Balaban J connectivity index is 3.22. The van der Waals surface area contributed by atoms with Crippen LogP contribution in [0.25, 0.3) is 0 Å². The van der Waals surface area contributed by atoms with Crippen LogP contribution in [0.3, 0.4) is 0 Å². The van der Waals surface area contributed by atoms with Gasteiger partial charge in [0.2, 0.25) is 5.88 Å². The first-order chi connectivity index (χ1) is 7.37. The van der Waals surface area contributed by atoms with Gasteiger partial charge in [0.05, 0.1) is 0 Å². The molecule has 0 aliphatic heterocycles. The second-order valence-electron chi connectivity index (χ2n) is 2.59. The summed E-state index contributed by atoms with van der Waals surface area (Å²) in [6.45, 7) is 0. The standard InChI is InChI=1S/C8H4F3N3O2/c9-8(10,11)16-6-1-4(3-15)5(2-12)7(13)14-6/h1,3H,(H2,13,14). The zero-order chi connectivity index (χ0) is 12.3. The minimum absolute atomic E-state index is 0.194. The molecule has 0 spiro atoms. The van der Waals surface area contributed by atoms with Crippen molar-refractivity contribution in [3.05, 3.63) is 17.2 Å². The van der Waals surface area contributed by atoms with E-state index in [1.807, 2.05) is 0 Å². The maximum absolute atomic E-state index is 11.8. The lowest BCUT2D eigenvalue weighted by Crippen LogP contribution is -2.18. The van der Waals surface area contributed by atoms with Gasteiger partial charge in [-0.05, 0) is 0 Å². The Morgan fingerprint density at radius 3 is 2.62 bits per heavy atom. The SMILES string of the molecule is N#Cc1c(C=O)cc(OC(F)(F)F)nc1N. The molecule has 0 unspecified atom stereocenters. The molecule has 0 radical (unpaired) electrons. The summed E-state index contributed by atoms with van der Waals surface area (Å²) in [5.41, 5.74) is 4.59. The number of nitrogens with zero attached hydrogens (tertiary/aromatic N) is 2. The van der Waals surface area contributed by atoms with Gasteiger partial charge in [0.25, 0.3) is 0 Å². The summed E-state index contributed by atoms with van der Waals surface area (Å²) in [7, 11) is 0. The fraction of sp³-hybridized carbons (Fsp3) is 0.125. The van der Waals surface area contributed by atoms with Crippen molar-refractivity contribution in [1.82, 2.24) is 4.98 Å². The first-order valence-electron chi connectivity index (χ1n) is 3.79. The number of pyridine rings is 1. The summed E-state index contributed by atoms with van der Waals surface area (Å²) in [5.74, 6) is -1.38. The molecule has 0 aliphatic rings. The van der Waals surface area contributed by atoms with E-state index in [0.717, 1.165) is 0 Å². The number of carbonyl (C=O) groups is 1. The fourth-order valence-corrected chi connectivity index (χ4v) is 0.946. The average molecular weight is 231 g/mol. The fourth-order valence-electron chi connectivity index (χ4n) is 0.946. The van der Waals surface area contributed by atoms with Gasteiger partial charge in [-0.15, -0.1) is 13.2 Å². The Labute approximate surface area is 87.3 Å². The number of carbonyl (C=O) groups excluding carboxylic acids is 1. The predicted octanol–water partition coefficient (Wildman–Crippen LogP) is 1.25. The highest BCUT2D eigenvalue weighted by molar-refractivity contribution is 5.82. The zero-order valence-electron chi connectivity index (χ0n) is 7.58. The van der Waals surface area contributed by atoms with Crippen LogP contribution in [-0.4, -0.2) is 17.6 Å². The molecule has 2 N–H and O–H groups in total. The van der Waals surface area contributed by atoms with Gasteiger partial charge >= 0.3 is 6.36 Å². The first kappa shape index (κ1) is 11.8. The number of nitrogens with two attached hydrogens (primary N) is 1. The van der Waals surface area contributed by atoms with E-state index in [9.17, 15) is 18.0 Å². The van der Waals surface area contributed by atoms with Crippen LogP contribution in [0.4, 0.5) is 19.0 Å². The molecule has 0 fully saturated rings. The maximum atomic E-state index is 11.8. The molecule has 1 heterocycles. The van der Waals surface area contributed by atoms with E-state index in [2.05, 4.69) is 9.72 Å². The number of rotatable bonds is 2. The molecule has 0 saturated carbocycles. The van der Waals surface area contributed by atoms with Crippen LogP contribution < -0.4 is 10.5 Å². The molecular formula is C8H4F3N3O2. The highest BCUT2D eigenvalue weighted by Gasteiger charge is 2.32. The van der Waals surface area contributed by atoms with Crippen molar-refractivity contribution in [3.8, 4) is 11.9 Å². The van der Waals surface area contributed by atoms with E-state index in [-0.39, 0.29) is 17.4 Å². The van der Waals surface area contributed by atoms with E-state index >= 15 is 0 Å². The number of ether oxygens (including phenoxy) is 1. The van der Waals surface area contributed by atoms with Crippen molar-refractivity contribution < 1.29 is 22.7 Å². The quantitative estimate of drug-likeness (QED) is 0.773. The molecular weight excluding hydrogens is 227 g/mol. The van der Waals surface area contributed by atoms with E-state index in [1.165, 1.54) is 0 Å². The number of aromatic nitrogens is 1. The average Bonchev–Trinajstić information content (AvgIpc) is 2.14. The summed E-state index contributed by atoms with van der Waals surface area (Å²) in [4.78, 5) is 13.7. The van der Waals surface area contributed by atoms with Gasteiger partial charge < -0.3 is 10.5 Å². The number of nitrogen functional groups attached to an aromatic ring is 1. The van der Waals surface area contributed by atoms with Crippen LogP contribution in [0.15, 0.2) is 6.07 Å². The van der Waals surface area contributed by atoms with Crippen molar-refractivity contribution in [3.63, 3.8) is 0 Å². The second kappa shape index (κ2) is 4.06. The summed E-state index contributed by atoms with van der Waals surface area (Å²) < 4.78 is 39.0. The lowest BCUT2D eigenvalue weighted by atomic mass is 10.1. The highest BCUT2D eigenvalue weighted by Crippen LogP contribution is 2.24. The van der Waals surface area contributed by atoms with Crippen LogP contribution in [-0.2, 0) is 0 Å². The molecule has 0 atom stereocenters. The van der Waals surface area contributed by atoms with Gasteiger partial charge in [0, 0.05) is 11.6 Å². The highest BCUT2D eigenvalue weighted by atomic mass is 19.4. The Hall–Kier alpha value is -2.30. The van der Waals surface area contributed by atoms with Crippen LogP contribution in [0.5, 0.6) is 5.88 Å². The van der Waals surface area contributed by atoms with Gasteiger partial charge in [-0.2, -0.15) is 10.2 Å². The molecule has 0 aliphatic carbocycles. The molecule has 0 bridgehead atoms. The molecule has 1 aromatic heterocycles. The van der Waals surface area contributed by atoms with Gasteiger partial charge in [-0.3, -0.25) is 4.79 Å². The largest absolute Gasteiger partial charge is 0.574 e. The molecule has 0 aromatic carbocycles. The van der Waals surface area contributed by atoms with Crippen LogP contribution in [0, 0.1) is 11.3 Å². The van der Waals surface area contributed by atoms with Gasteiger partial charge in [-0.25, -0.2) is 0 Å². The minimum Gasteiger partial charge on any atom is -0.388 e. The van der Waals surface area contributed by atoms with Crippen LogP contribution in [0.1, 0.15) is 15.9 Å². The van der Waals surface area contributed by atoms with E-state index < -0.39 is 18.1 Å². The van der Waals surface area contributed by atoms with E-state index in [4.69, 9.17) is 11.0 Å². The van der Waals surface area contributed by atoms with E-state index in [0.29, 0.717) is 6.07 Å². The topological polar surface area (TPSA) is 89.0 Å². The normalized spacial score (nSPS) is 10.6. The van der Waals surface area contributed by atoms with Crippen LogP contribution in [0.2, 0.25) is 0 Å². The number of nitriles is 1. The molecule has 1 rings (SSSR count). The summed E-state index contributed by atoms with van der Waals surface area (Å²) in [6, 6.07) is 2.24. The van der Waals surface area contributed by atoms with Crippen molar-refractivity contribution >= 4 is 12.1 Å². The van der Waals surface area contributed by atoms with Crippen molar-refractivity contribution in [2.45, 2.75) is 6.36 Å². The summed E-state index contributed by atoms with van der Waals surface area (Å²) in [5, 5.41) is 8.56. The van der Waals surface area contributed by atoms with Crippen LogP contribution >= 0.6 is 0 Å². The Morgan fingerprint density at radius 1 is 1.56 bits per heavy atom. The van der Waals surface area contributed by atoms with Crippen molar-refractivity contribution in [1.29, 1.82) is 5.26 Å². The molecule has 84 valence electrons. The molecule has 1 aromatic rings. The number of aldehydes is 1. The zero-order valence-corrected chi connectivity index (χ0v) is 7.58. The monoisotopic (exact) mass is 231 g/mol.